The van der Waals surface area contributed by atoms with E-state index in [-0.39, 0.29) is 12.2 Å². The smallest absolute Gasteiger partial charge is 0.410 e. The molecule has 0 radical (unpaired) electrons. The van der Waals surface area contributed by atoms with E-state index in [1.54, 1.807) is 16.2 Å². The molecule has 128 valence electrons. The minimum atomic E-state index is -0.273. The zero-order chi connectivity index (χ0) is 16.6. The van der Waals surface area contributed by atoms with Gasteiger partial charge in [-0.05, 0) is 28.0 Å². The Morgan fingerprint density at radius 1 is 1.29 bits per heavy atom. The van der Waals surface area contributed by atoms with Gasteiger partial charge < -0.3 is 19.7 Å². The highest BCUT2D eigenvalue weighted by molar-refractivity contribution is 7.07. The van der Waals surface area contributed by atoms with Crippen LogP contribution in [0.5, 0.6) is 0 Å². The molecule has 6 heteroatoms. The van der Waals surface area contributed by atoms with Gasteiger partial charge in [-0.25, -0.2) is 4.79 Å². The zero-order valence-corrected chi connectivity index (χ0v) is 14.3. The lowest BCUT2D eigenvalue weighted by atomic mass is 10.2. The van der Waals surface area contributed by atoms with Crippen LogP contribution in [0.4, 0.5) is 4.79 Å². The second-order valence-corrected chi connectivity index (χ2v) is 6.52. The van der Waals surface area contributed by atoms with Crippen molar-refractivity contribution in [3.05, 3.63) is 58.3 Å². The van der Waals surface area contributed by atoms with Crippen molar-refractivity contribution in [2.75, 3.05) is 26.2 Å². The van der Waals surface area contributed by atoms with Gasteiger partial charge in [0.25, 0.3) is 0 Å². The number of hydrogen-bond acceptors (Lipinski definition) is 5. The quantitative estimate of drug-likeness (QED) is 0.874. The Labute approximate surface area is 146 Å². The van der Waals surface area contributed by atoms with Crippen molar-refractivity contribution in [2.45, 2.75) is 19.3 Å². The Balaban J connectivity index is 1.40. The van der Waals surface area contributed by atoms with E-state index < -0.39 is 0 Å². The van der Waals surface area contributed by atoms with Gasteiger partial charge in [-0.3, -0.25) is 0 Å². The minimum absolute atomic E-state index is 0.00154. The summed E-state index contributed by atoms with van der Waals surface area (Å²) in [7, 11) is 0. The largest absolute Gasteiger partial charge is 0.445 e. The molecule has 2 heterocycles. The molecular formula is C18H22N2O3S. The molecule has 1 N–H and O–H groups in total. The standard InChI is InChI=1S/C18H22N2O3S/c21-18(23-13-15-4-2-1-3-5-15)20-7-8-22-17(12-20)11-19-10-16-6-9-24-14-16/h1-6,9,14,17,19H,7-8,10-13H2. The number of amides is 1. The van der Waals surface area contributed by atoms with Crippen LogP contribution >= 0.6 is 11.3 Å². The summed E-state index contributed by atoms with van der Waals surface area (Å²) in [6.45, 7) is 3.53. The van der Waals surface area contributed by atoms with Crippen molar-refractivity contribution in [1.82, 2.24) is 10.2 Å². The highest BCUT2D eigenvalue weighted by Gasteiger charge is 2.25. The molecule has 24 heavy (non-hydrogen) atoms. The molecule has 0 spiro atoms. The monoisotopic (exact) mass is 346 g/mol. The number of nitrogens with zero attached hydrogens (tertiary/aromatic N) is 1. The van der Waals surface area contributed by atoms with Crippen LogP contribution in [0, 0.1) is 0 Å². The van der Waals surface area contributed by atoms with Crippen LogP contribution in [-0.4, -0.2) is 43.3 Å². The Bertz CT molecular complexity index is 618. The molecular weight excluding hydrogens is 324 g/mol. The number of nitrogens with one attached hydrogen (secondary N) is 1. The second-order valence-electron chi connectivity index (χ2n) is 5.74. The van der Waals surface area contributed by atoms with E-state index in [1.165, 1.54) is 5.56 Å². The number of thiophene rings is 1. The zero-order valence-electron chi connectivity index (χ0n) is 13.5. The number of carbonyl (C=O) groups is 1. The summed E-state index contributed by atoms with van der Waals surface area (Å²) < 4.78 is 11.1. The first-order valence-electron chi connectivity index (χ1n) is 8.10. The first kappa shape index (κ1) is 17.0. The first-order valence-corrected chi connectivity index (χ1v) is 9.04. The van der Waals surface area contributed by atoms with Crippen molar-refractivity contribution in [3.63, 3.8) is 0 Å². The number of ether oxygens (including phenoxy) is 2. The molecule has 2 aromatic rings. The molecule has 0 aliphatic carbocycles. The fourth-order valence-electron chi connectivity index (χ4n) is 2.59. The Hall–Kier alpha value is -1.89. The molecule has 0 saturated carbocycles. The van der Waals surface area contributed by atoms with Gasteiger partial charge in [-0.2, -0.15) is 11.3 Å². The van der Waals surface area contributed by atoms with Crippen LogP contribution in [0.2, 0.25) is 0 Å². The highest BCUT2D eigenvalue weighted by Crippen LogP contribution is 2.09. The Morgan fingerprint density at radius 3 is 2.96 bits per heavy atom. The van der Waals surface area contributed by atoms with E-state index >= 15 is 0 Å². The summed E-state index contributed by atoms with van der Waals surface area (Å²) in [5.74, 6) is 0. The summed E-state index contributed by atoms with van der Waals surface area (Å²) in [6, 6.07) is 11.8. The molecule has 1 aromatic heterocycles. The third kappa shape index (κ3) is 5.06. The maximum absolute atomic E-state index is 12.2. The maximum Gasteiger partial charge on any atom is 0.410 e. The number of hydrogen-bond donors (Lipinski definition) is 1. The summed E-state index contributed by atoms with van der Waals surface area (Å²) >= 11 is 1.69. The van der Waals surface area contributed by atoms with Gasteiger partial charge in [0, 0.05) is 19.6 Å². The summed E-state index contributed by atoms with van der Waals surface area (Å²) in [6.07, 6.45) is -0.272. The molecule has 1 saturated heterocycles. The van der Waals surface area contributed by atoms with Crippen LogP contribution in [0.15, 0.2) is 47.2 Å². The fourth-order valence-corrected chi connectivity index (χ4v) is 3.26. The third-order valence-electron chi connectivity index (χ3n) is 3.88. The molecule has 1 aliphatic heterocycles. The average Bonchev–Trinajstić information content (AvgIpc) is 3.14. The predicted molar refractivity (Wildman–Crippen MR) is 94.0 cm³/mol. The van der Waals surface area contributed by atoms with Gasteiger partial charge in [0.05, 0.1) is 19.3 Å². The lowest BCUT2D eigenvalue weighted by Crippen LogP contribution is -2.49. The van der Waals surface area contributed by atoms with E-state index in [4.69, 9.17) is 9.47 Å². The van der Waals surface area contributed by atoms with Crippen molar-refractivity contribution in [1.29, 1.82) is 0 Å². The van der Waals surface area contributed by atoms with E-state index in [0.29, 0.717) is 26.3 Å². The molecule has 5 nitrogen and oxygen atoms in total. The number of morpholine rings is 1. The molecule has 1 aromatic carbocycles. The Morgan fingerprint density at radius 2 is 2.17 bits per heavy atom. The third-order valence-corrected chi connectivity index (χ3v) is 4.62. The predicted octanol–water partition coefficient (Wildman–Crippen LogP) is 2.88. The van der Waals surface area contributed by atoms with Crippen molar-refractivity contribution in [3.8, 4) is 0 Å². The van der Waals surface area contributed by atoms with Crippen LogP contribution in [0.1, 0.15) is 11.1 Å². The molecule has 1 aliphatic rings. The SMILES string of the molecule is O=C(OCc1ccccc1)N1CCOC(CNCc2ccsc2)C1. The Kier molecular flexibility index (Phi) is 6.23. The van der Waals surface area contributed by atoms with Crippen LogP contribution < -0.4 is 5.32 Å². The van der Waals surface area contributed by atoms with Crippen molar-refractivity contribution < 1.29 is 14.3 Å². The van der Waals surface area contributed by atoms with Crippen molar-refractivity contribution >= 4 is 17.4 Å². The van der Waals surface area contributed by atoms with Gasteiger partial charge in [0.1, 0.15) is 6.61 Å². The molecule has 1 fully saturated rings. The highest BCUT2D eigenvalue weighted by atomic mass is 32.1. The second kappa shape index (κ2) is 8.82. The van der Waals surface area contributed by atoms with E-state index in [1.807, 2.05) is 30.3 Å². The number of benzene rings is 1. The van der Waals surface area contributed by atoms with Gasteiger partial charge in [-0.15, -0.1) is 0 Å². The van der Waals surface area contributed by atoms with Crippen LogP contribution in [-0.2, 0) is 22.6 Å². The number of rotatable bonds is 6. The van der Waals surface area contributed by atoms with Gasteiger partial charge >= 0.3 is 6.09 Å². The van der Waals surface area contributed by atoms with Gasteiger partial charge in [0.15, 0.2) is 0 Å². The molecule has 1 amide bonds. The molecule has 1 atom stereocenters. The van der Waals surface area contributed by atoms with Crippen LogP contribution in [0.25, 0.3) is 0 Å². The lowest BCUT2D eigenvalue weighted by Gasteiger charge is -2.32. The van der Waals surface area contributed by atoms with Gasteiger partial charge in [0.2, 0.25) is 0 Å². The molecule has 3 rings (SSSR count). The maximum atomic E-state index is 12.2. The lowest BCUT2D eigenvalue weighted by molar-refractivity contribution is -0.0271. The van der Waals surface area contributed by atoms with E-state index in [9.17, 15) is 4.79 Å². The minimum Gasteiger partial charge on any atom is -0.445 e. The fraction of sp³-hybridized carbons (Fsp3) is 0.389. The van der Waals surface area contributed by atoms with Gasteiger partial charge in [-0.1, -0.05) is 30.3 Å². The van der Waals surface area contributed by atoms with E-state index in [0.717, 1.165) is 18.7 Å². The molecule has 0 bridgehead atoms. The summed E-state index contributed by atoms with van der Waals surface area (Å²) in [5.41, 5.74) is 2.27. The normalized spacial score (nSPS) is 17.7. The van der Waals surface area contributed by atoms with Crippen LogP contribution in [0.3, 0.4) is 0 Å². The number of carbonyl (C=O) groups excluding carboxylic acids is 1. The molecule has 1 unspecified atom stereocenters. The topological polar surface area (TPSA) is 50.8 Å². The average molecular weight is 346 g/mol. The summed E-state index contributed by atoms with van der Waals surface area (Å²) in [4.78, 5) is 13.9. The summed E-state index contributed by atoms with van der Waals surface area (Å²) in [5, 5.41) is 7.57. The first-order chi connectivity index (χ1) is 11.8. The van der Waals surface area contributed by atoms with Crippen molar-refractivity contribution in [2.24, 2.45) is 0 Å². The van der Waals surface area contributed by atoms with E-state index in [2.05, 4.69) is 22.1 Å².